The molecule has 168 valence electrons. The topological polar surface area (TPSA) is 82.5 Å². The zero-order valence-electron chi connectivity index (χ0n) is 18.8. The second-order valence-electron chi connectivity index (χ2n) is 7.64. The Morgan fingerprint density at radius 1 is 1.00 bits per heavy atom. The Balaban J connectivity index is 1.61. The molecule has 7 nitrogen and oxygen atoms in total. The first-order valence-corrected chi connectivity index (χ1v) is 10.5. The highest BCUT2D eigenvalue weighted by Gasteiger charge is 2.13. The number of hydrogen-bond donors (Lipinski definition) is 1. The fourth-order valence-electron chi connectivity index (χ4n) is 3.74. The number of amides is 1. The molecule has 1 amide bonds. The van der Waals surface area contributed by atoms with Crippen molar-refractivity contribution in [2.75, 3.05) is 14.2 Å². The van der Waals surface area contributed by atoms with E-state index in [0.29, 0.717) is 40.3 Å². The Morgan fingerprint density at radius 3 is 2.52 bits per heavy atom. The number of nitrogens with zero attached hydrogens (tertiary/aromatic N) is 2. The number of carbonyl (C=O) groups excluding carboxylic acids is 1. The molecule has 33 heavy (non-hydrogen) atoms. The smallest absolute Gasteiger partial charge is 0.272 e. The summed E-state index contributed by atoms with van der Waals surface area (Å²) < 4.78 is 12.3. The van der Waals surface area contributed by atoms with E-state index in [4.69, 9.17) is 9.47 Å². The fourth-order valence-corrected chi connectivity index (χ4v) is 3.74. The van der Waals surface area contributed by atoms with E-state index >= 15 is 0 Å². The molecule has 0 fully saturated rings. The van der Waals surface area contributed by atoms with Gasteiger partial charge in [0.1, 0.15) is 17.2 Å². The minimum Gasteiger partial charge on any atom is -0.497 e. The number of carbonyl (C=O) groups is 1. The summed E-state index contributed by atoms with van der Waals surface area (Å²) in [6, 6.07) is 20.4. The maximum Gasteiger partial charge on any atom is 0.272 e. The molecule has 0 bridgehead atoms. The van der Waals surface area contributed by atoms with Gasteiger partial charge in [-0.1, -0.05) is 30.3 Å². The van der Waals surface area contributed by atoms with Crippen LogP contribution in [-0.2, 0) is 13.1 Å². The standard InChI is InChI=1S/C26H25N3O4/c1-17-26(31)29(16-18-7-5-4-6-8-18)23-11-9-19(14-22(23)28-17)25(30)27-15-20-13-21(32-2)10-12-24(20)33-3/h4-14H,15-16H2,1-3H3,(H,27,30). The number of nitrogens with one attached hydrogen (secondary N) is 1. The van der Waals surface area contributed by atoms with Crippen LogP contribution in [0.15, 0.2) is 71.5 Å². The van der Waals surface area contributed by atoms with E-state index < -0.39 is 0 Å². The Bertz CT molecular complexity index is 1360. The van der Waals surface area contributed by atoms with Crippen molar-refractivity contribution in [1.82, 2.24) is 14.9 Å². The largest absolute Gasteiger partial charge is 0.497 e. The van der Waals surface area contributed by atoms with Crippen LogP contribution in [0.1, 0.15) is 27.2 Å². The molecule has 0 unspecified atom stereocenters. The number of fused-ring (bicyclic) bond motifs is 1. The first kappa shape index (κ1) is 22.1. The highest BCUT2D eigenvalue weighted by Crippen LogP contribution is 2.24. The maximum absolute atomic E-state index is 12.9. The van der Waals surface area contributed by atoms with Gasteiger partial charge in [-0.05, 0) is 48.9 Å². The molecule has 1 aromatic heterocycles. The second kappa shape index (κ2) is 9.56. The van der Waals surface area contributed by atoms with Crippen LogP contribution in [0.5, 0.6) is 11.5 Å². The molecule has 0 aliphatic rings. The van der Waals surface area contributed by atoms with Gasteiger partial charge in [-0.25, -0.2) is 4.98 Å². The van der Waals surface area contributed by atoms with Gasteiger partial charge in [0, 0.05) is 17.7 Å². The van der Waals surface area contributed by atoms with Crippen LogP contribution in [0.25, 0.3) is 11.0 Å². The maximum atomic E-state index is 12.9. The van der Waals surface area contributed by atoms with Crippen LogP contribution < -0.4 is 20.3 Å². The summed E-state index contributed by atoms with van der Waals surface area (Å²) in [6.07, 6.45) is 0. The lowest BCUT2D eigenvalue weighted by molar-refractivity contribution is 0.0950. The van der Waals surface area contributed by atoms with Gasteiger partial charge in [0.25, 0.3) is 11.5 Å². The molecule has 3 aromatic carbocycles. The Hall–Kier alpha value is -4.13. The van der Waals surface area contributed by atoms with Crippen LogP contribution in [-0.4, -0.2) is 29.7 Å². The van der Waals surface area contributed by atoms with E-state index in [1.54, 1.807) is 56.0 Å². The Morgan fingerprint density at radius 2 is 1.79 bits per heavy atom. The lowest BCUT2D eigenvalue weighted by Gasteiger charge is -2.13. The second-order valence-corrected chi connectivity index (χ2v) is 7.64. The summed E-state index contributed by atoms with van der Waals surface area (Å²) in [4.78, 5) is 30.1. The molecule has 0 spiro atoms. The lowest BCUT2D eigenvalue weighted by Crippen LogP contribution is -2.26. The highest BCUT2D eigenvalue weighted by molar-refractivity contribution is 5.97. The first-order chi connectivity index (χ1) is 16.0. The van der Waals surface area contributed by atoms with E-state index in [2.05, 4.69) is 10.3 Å². The van der Waals surface area contributed by atoms with Crippen molar-refractivity contribution in [3.63, 3.8) is 0 Å². The van der Waals surface area contributed by atoms with Gasteiger partial charge in [-0.15, -0.1) is 0 Å². The van der Waals surface area contributed by atoms with Crippen molar-refractivity contribution in [3.8, 4) is 11.5 Å². The molecule has 4 aromatic rings. The third-order valence-corrected chi connectivity index (χ3v) is 5.48. The fraction of sp³-hybridized carbons (Fsp3) is 0.192. The monoisotopic (exact) mass is 443 g/mol. The van der Waals surface area contributed by atoms with Crippen LogP contribution in [0.4, 0.5) is 0 Å². The first-order valence-electron chi connectivity index (χ1n) is 10.5. The summed E-state index contributed by atoms with van der Waals surface area (Å²) in [5, 5.41) is 2.92. The average Bonchev–Trinajstić information content (AvgIpc) is 2.85. The average molecular weight is 444 g/mol. The number of hydrogen-bond acceptors (Lipinski definition) is 5. The summed E-state index contributed by atoms with van der Waals surface area (Å²) in [6.45, 7) is 2.39. The lowest BCUT2D eigenvalue weighted by atomic mass is 10.1. The van der Waals surface area contributed by atoms with Crippen LogP contribution in [0.3, 0.4) is 0 Å². The van der Waals surface area contributed by atoms with Gasteiger partial charge in [0.2, 0.25) is 0 Å². The summed E-state index contributed by atoms with van der Waals surface area (Å²) in [5.41, 5.74) is 3.79. The Kier molecular flexibility index (Phi) is 6.40. The third kappa shape index (κ3) is 4.72. The van der Waals surface area contributed by atoms with Gasteiger partial charge < -0.3 is 19.4 Å². The molecule has 0 saturated heterocycles. The van der Waals surface area contributed by atoms with Crippen molar-refractivity contribution in [3.05, 3.63) is 99.5 Å². The third-order valence-electron chi connectivity index (χ3n) is 5.48. The molecule has 1 heterocycles. The number of rotatable bonds is 7. The van der Waals surface area contributed by atoms with Gasteiger partial charge in [-0.2, -0.15) is 0 Å². The quantitative estimate of drug-likeness (QED) is 0.471. The molecule has 7 heteroatoms. The predicted molar refractivity (Wildman–Crippen MR) is 127 cm³/mol. The van der Waals surface area contributed by atoms with Gasteiger partial charge in [0.15, 0.2) is 0 Å². The van der Waals surface area contributed by atoms with E-state index in [-0.39, 0.29) is 18.0 Å². The molecule has 0 aliphatic heterocycles. The molecule has 0 atom stereocenters. The van der Waals surface area contributed by atoms with Crippen LogP contribution >= 0.6 is 0 Å². The predicted octanol–water partition coefficient (Wildman–Crippen LogP) is 3.70. The number of aromatic nitrogens is 2. The van der Waals surface area contributed by atoms with Gasteiger partial charge in [0.05, 0.1) is 31.8 Å². The number of benzene rings is 3. The SMILES string of the molecule is COc1ccc(OC)c(CNC(=O)c2ccc3c(c2)nc(C)c(=O)n3Cc2ccccc2)c1. The summed E-state index contributed by atoms with van der Waals surface area (Å²) >= 11 is 0. The number of aryl methyl sites for hydroxylation is 1. The van der Waals surface area contributed by atoms with Gasteiger partial charge >= 0.3 is 0 Å². The summed E-state index contributed by atoms with van der Waals surface area (Å²) in [5.74, 6) is 1.10. The van der Waals surface area contributed by atoms with E-state index in [0.717, 1.165) is 11.1 Å². The van der Waals surface area contributed by atoms with E-state index in [9.17, 15) is 9.59 Å². The van der Waals surface area contributed by atoms with Crippen molar-refractivity contribution in [2.45, 2.75) is 20.0 Å². The normalized spacial score (nSPS) is 10.8. The molecular formula is C26H25N3O4. The van der Waals surface area contributed by atoms with Crippen molar-refractivity contribution < 1.29 is 14.3 Å². The van der Waals surface area contributed by atoms with Gasteiger partial charge in [-0.3, -0.25) is 9.59 Å². The summed E-state index contributed by atoms with van der Waals surface area (Å²) in [7, 11) is 3.17. The molecule has 0 radical (unpaired) electrons. The minimum absolute atomic E-state index is 0.145. The Labute approximate surface area is 191 Å². The zero-order chi connectivity index (χ0) is 23.4. The molecular weight excluding hydrogens is 418 g/mol. The van der Waals surface area contributed by atoms with Crippen LogP contribution in [0.2, 0.25) is 0 Å². The zero-order valence-corrected chi connectivity index (χ0v) is 18.8. The van der Waals surface area contributed by atoms with Crippen LogP contribution in [0, 0.1) is 6.92 Å². The molecule has 1 N–H and O–H groups in total. The number of methoxy groups -OCH3 is 2. The van der Waals surface area contributed by atoms with Crippen molar-refractivity contribution >= 4 is 16.9 Å². The van der Waals surface area contributed by atoms with E-state index in [1.807, 2.05) is 36.4 Å². The molecule has 0 saturated carbocycles. The number of ether oxygens (including phenoxy) is 2. The highest BCUT2D eigenvalue weighted by atomic mass is 16.5. The minimum atomic E-state index is -0.248. The van der Waals surface area contributed by atoms with E-state index in [1.165, 1.54) is 0 Å². The molecule has 0 aliphatic carbocycles. The van der Waals surface area contributed by atoms with Crippen molar-refractivity contribution in [2.24, 2.45) is 0 Å². The molecule has 4 rings (SSSR count). The van der Waals surface area contributed by atoms with Crippen molar-refractivity contribution in [1.29, 1.82) is 0 Å².